The van der Waals surface area contributed by atoms with Gasteiger partial charge in [-0.2, -0.15) is 13.2 Å². The molecule has 34 heavy (non-hydrogen) atoms. The molecule has 1 saturated carbocycles. The van der Waals surface area contributed by atoms with Gasteiger partial charge in [0, 0.05) is 36.3 Å². The van der Waals surface area contributed by atoms with E-state index in [4.69, 9.17) is 5.73 Å². The number of pyridine rings is 1. The summed E-state index contributed by atoms with van der Waals surface area (Å²) >= 11 is 0. The Morgan fingerprint density at radius 2 is 1.76 bits per heavy atom. The average molecular weight is 476 g/mol. The Bertz CT molecular complexity index is 1030. The van der Waals surface area contributed by atoms with Gasteiger partial charge in [0.15, 0.2) is 0 Å². The molecule has 2 amide bonds. The number of nitrogens with zero attached hydrogens (tertiary/aromatic N) is 2. The molecule has 0 radical (unpaired) electrons. The monoisotopic (exact) mass is 475 g/mol. The maximum atomic E-state index is 12.8. The first-order valence-electron chi connectivity index (χ1n) is 11.4. The molecule has 1 aromatic heterocycles. The Balaban J connectivity index is 1.16. The number of carbonyl (C=O) groups excluding carboxylic acids is 2. The van der Waals surface area contributed by atoms with Crippen LogP contribution < -0.4 is 16.4 Å². The highest BCUT2D eigenvalue weighted by Crippen LogP contribution is 2.35. The molecule has 4 N–H and O–H groups in total. The van der Waals surface area contributed by atoms with Crippen molar-refractivity contribution in [3.05, 3.63) is 59.3 Å². The molecule has 2 fully saturated rings. The Morgan fingerprint density at radius 3 is 2.44 bits per heavy atom. The third-order valence-electron chi connectivity index (χ3n) is 6.56. The number of nitrogen functional groups attached to an aromatic ring is 1. The number of hydrogen-bond acceptors (Lipinski definition) is 5. The van der Waals surface area contributed by atoms with Gasteiger partial charge in [0.1, 0.15) is 5.82 Å². The van der Waals surface area contributed by atoms with Crippen LogP contribution in [0.3, 0.4) is 0 Å². The van der Waals surface area contributed by atoms with Crippen LogP contribution in [0.1, 0.15) is 53.2 Å². The summed E-state index contributed by atoms with van der Waals surface area (Å²) in [6.45, 7) is 1.21. The maximum absolute atomic E-state index is 12.8. The number of halogens is 3. The van der Waals surface area contributed by atoms with Crippen LogP contribution in [0.15, 0.2) is 42.5 Å². The Morgan fingerprint density at radius 1 is 1.06 bits per heavy atom. The van der Waals surface area contributed by atoms with Gasteiger partial charge >= 0.3 is 6.18 Å². The number of amides is 2. The van der Waals surface area contributed by atoms with E-state index in [2.05, 4.69) is 20.5 Å². The first-order chi connectivity index (χ1) is 16.2. The number of carbonyl (C=O) groups is 2. The van der Waals surface area contributed by atoms with Crippen molar-refractivity contribution in [2.24, 2.45) is 0 Å². The van der Waals surface area contributed by atoms with Gasteiger partial charge in [0.2, 0.25) is 5.91 Å². The van der Waals surface area contributed by atoms with E-state index in [0.717, 1.165) is 56.6 Å². The van der Waals surface area contributed by atoms with Crippen molar-refractivity contribution in [1.82, 2.24) is 20.5 Å². The van der Waals surface area contributed by atoms with Gasteiger partial charge in [-0.1, -0.05) is 12.1 Å². The predicted octanol–water partition coefficient (Wildman–Crippen LogP) is 2.94. The number of benzene rings is 1. The molecule has 1 aliphatic carbocycles. The van der Waals surface area contributed by atoms with Crippen molar-refractivity contribution in [3.63, 3.8) is 0 Å². The minimum Gasteiger partial charge on any atom is -0.384 e. The van der Waals surface area contributed by atoms with Crippen molar-refractivity contribution in [1.29, 1.82) is 0 Å². The lowest BCUT2D eigenvalue weighted by molar-refractivity contribution is -0.137. The van der Waals surface area contributed by atoms with E-state index in [1.54, 1.807) is 6.07 Å². The van der Waals surface area contributed by atoms with Crippen molar-refractivity contribution in [2.75, 3.05) is 25.4 Å². The van der Waals surface area contributed by atoms with E-state index in [0.29, 0.717) is 17.8 Å². The summed E-state index contributed by atoms with van der Waals surface area (Å²) in [6, 6.07) is 10.4. The minimum atomic E-state index is -4.53. The number of aromatic nitrogens is 1. The van der Waals surface area contributed by atoms with E-state index in [-0.39, 0.29) is 24.1 Å². The van der Waals surface area contributed by atoms with Crippen LogP contribution in [0.4, 0.5) is 19.0 Å². The number of rotatable bonds is 6. The predicted molar refractivity (Wildman–Crippen MR) is 121 cm³/mol. The summed E-state index contributed by atoms with van der Waals surface area (Å²) in [5.74, 6) is -0.103. The first-order valence-corrected chi connectivity index (χ1v) is 11.4. The Hall–Kier alpha value is -3.14. The van der Waals surface area contributed by atoms with Gasteiger partial charge in [0.25, 0.3) is 5.91 Å². The molecule has 0 atom stereocenters. The molecule has 0 unspecified atom stereocenters. The number of alkyl halides is 3. The van der Waals surface area contributed by atoms with E-state index in [9.17, 15) is 22.8 Å². The van der Waals surface area contributed by atoms with E-state index < -0.39 is 17.6 Å². The molecule has 10 heteroatoms. The minimum absolute atomic E-state index is 0.00581. The second kappa shape index (κ2) is 10.0. The van der Waals surface area contributed by atoms with Gasteiger partial charge < -0.3 is 16.4 Å². The van der Waals surface area contributed by atoms with Crippen LogP contribution >= 0.6 is 0 Å². The molecular weight excluding hydrogens is 447 g/mol. The quantitative estimate of drug-likeness (QED) is 0.597. The second-order valence-corrected chi connectivity index (χ2v) is 8.97. The summed E-state index contributed by atoms with van der Waals surface area (Å²) in [7, 11) is 0. The first kappa shape index (κ1) is 24.0. The molecule has 1 aromatic carbocycles. The van der Waals surface area contributed by atoms with Crippen molar-refractivity contribution in [3.8, 4) is 0 Å². The molecule has 0 spiro atoms. The summed E-state index contributed by atoms with van der Waals surface area (Å²) in [5.41, 5.74) is 5.81. The van der Waals surface area contributed by atoms with Crippen LogP contribution in [0.2, 0.25) is 0 Å². The summed E-state index contributed by atoms with van der Waals surface area (Å²) in [4.78, 5) is 31.1. The zero-order valence-electron chi connectivity index (χ0n) is 18.6. The van der Waals surface area contributed by atoms with Crippen LogP contribution in [0, 0.1) is 0 Å². The highest BCUT2D eigenvalue weighted by Gasteiger charge is 2.36. The summed E-state index contributed by atoms with van der Waals surface area (Å²) < 4.78 is 38.4. The van der Waals surface area contributed by atoms with E-state index in [1.165, 1.54) is 12.1 Å². The number of likely N-dealkylation sites (tertiary alicyclic amines) is 1. The fraction of sp³-hybridized carbons (Fsp3) is 0.458. The van der Waals surface area contributed by atoms with Gasteiger partial charge in [-0.15, -0.1) is 0 Å². The number of nitrogens with two attached hydrogens (primary N) is 1. The lowest BCUT2D eigenvalue weighted by Gasteiger charge is -2.46. The van der Waals surface area contributed by atoms with Crippen molar-refractivity contribution in [2.45, 2.75) is 49.9 Å². The van der Waals surface area contributed by atoms with Crippen LogP contribution in [-0.4, -0.2) is 53.4 Å². The fourth-order valence-electron chi connectivity index (χ4n) is 4.71. The molecular formula is C24H28F3N5O2. The summed E-state index contributed by atoms with van der Waals surface area (Å²) in [6.07, 6.45) is -0.300. The smallest absolute Gasteiger partial charge is 0.384 e. The zero-order valence-corrected chi connectivity index (χ0v) is 18.6. The van der Waals surface area contributed by atoms with Gasteiger partial charge in [-0.25, -0.2) is 4.98 Å². The number of hydrogen-bond donors (Lipinski definition) is 3. The summed E-state index contributed by atoms with van der Waals surface area (Å²) in [5, 5.41) is 5.25. The third-order valence-corrected chi connectivity index (χ3v) is 6.56. The average Bonchev–Trinajstić information content (AvgIpc) is 2.79. The van der Waals surface area contributed by atoms with Crippen LogP contribution in [0.5, 0.6) is 0 Å². The topological polar surface area (TPSA) is 100 Å². The zero-order chi connectivity index (χ0) is 24.3. The molecule has 1 aliphatic heterocycles. The standard InChI is InChI=1S/C24H28F3N5O2/c25-24(26,27)17-4-1-3-16(11-17)23(34)29-12-22(33)30-18-13-32(14-18)19-9-7-15(8-10-19)20-5-2-6-21(28)31-20/h1-6,11,15,18-19H,7-10,12-14H2,(H2,28,31)(H,29,34)(H,30,33). The van der Waals surface area contributed by atoms with Crippen molar-refractivity contribution >= 4 is 17.6 Å². The molecule has 2 heterocycles. The molecule has 2 aromatic rings. The van der Waals surface area contributed by atoms with Crippen LogP contribution in [0.25, 0.3) is 0 Å². The third kappa shape index (κ3) is 5.85. The van der Waals surface area contributed by atoms with Gasteiger partial charge in [-0.3, -0.25) is 14.5 Å². The highest BCUT2D eigenvalue weighted by molar-refractivity contribution is 5.96. The molecule has 0 bridgehead atoms. The molecule has 1 saturated heterocycles. The lowest BCUT2D eigenvalue weighted by Crippen LogP contribution is -2.63. The fourth-order valence-corrected chi connectivity index (χ4v) is 4.71. The normalized spacial score (nSPS) is 21.5. The Kier molecular flexibility index (Phi) is 7.06. The van der Waals surface area contributed by atoms with Crippen LogP contribution in [-0.2, 0) is 11.0 Å². The highest BCUT2D eigenvalue weighted by atomic mass is 19.4. The van der Waals surface area contributed by atoms with Gasteiger partial charge in [0.05, 0.1) is 18.2 Å². The molecule has 4 rings (SSSR count). The number of nitrogens with one attached hydrogen (secondary N) is 2. The van der Waals surface area contributed by atoms with Crippen molar-refractivity contribution < 1.29 is 22.8 Å². The Labute approximate surface area is 195 Å². The molecule has 7 nitrogen and oxygen atoms in total. The SMILES string of the molecule is Nc1cccc(C2CCC(N3CC(NC(=O)CNC(=O)c4cccc(C(F)(F)F)c4)C3)CC2)n1. The van der Waals surface area contributed by atoms with E-state index >= 15 is 0 Å². The molecule has 182 valence electrons. The second-order valence-electron chi connectivity index (χ2n) is 8.97. The van der Waals surface area contributed by atoms with E-state index in [1.807, 2.05) is 12.1 Å². The molecule has 2 aliphatic rings. The van der Waals surface area contributed by atoms with Gasteiger partial charge in [-0.05, 0) is 56.0 Å². The lowest BCUT2D eigenvalue weighted by atomic mass is 9.82. The maximum Gasteiger partial charge on any atom is 0.416 e. The largest absolute Gasteiger partial charge is 0.416 e. The number of anilines is 1.